The van der Waals surface area contributed by atoms with E-state index in [4.69, 9.17) is 21.1 Å². The maximum atomic E-state index is 13.2. The smallest absolute Gasteiger partial charge is 0.417 e. The van der Waals surface area contributed by atoms with Gasteiger partial charge in [-0.3, -0.25) is 0 Å². The molecule has 0 atom stereocenters. The molecule has 0 aliphatic rings. The van der Waals surface area contributed by atoms with Gasteiger partial charge in [-0.15, -0.1) is 0 Å². The molecule has 2 aromatic carbocycles. The molecule has 2 rings (SSSR count). The lowest BCUT2D eigenvalue weighted by molar-refractivity contribution is -0.139. The number of hydrogen-bond donors (Lipinski definition) is 0. The SMILES string of the molecule is COc1ccc(OCCN(C)S(=O)(=O)c2ccc(Cl)cc2C(F)(F)F)cc1. The number of halogens is 4. The van der Waals surface area contributed by atoms with Gasteiger partial charge in [0.25, 0.3) is 0 Å². The Morgan fingerprint density at radius 1 is 1.07 bits per heavy atom. The number of sulfonamides is 1. The molecule has 5 nitrogen and oxygen atoms in total. The molecule has 0 radical (unpaired) electrons. The van der Waals surface area contributed by atoms with Crippen LogP contribution in [0.2, 0.25) is 5.02 Å². The number of benzene rings is 2. The molecule has 0 unspecified atom stereocenters. The van der Waals surface area contributed by atoms with Crippen LogP contribution in [0.4, 0.5) is 13.2 Å². The van der Waals surface area contributed by atoms with Crippen molar-refractivity contribution in [1.29, 1.82) is 0 Å². The lowest BCUT2D eigenvalue weighted by Crippen LogP contribution is -2.32. The van der Waals surface area contributed by atoms with Crippen molar-refractivity contribution in [2.24, 2.45) is 0 Å². The van der Waals surface area contributed by atoms with E-state index in [0.717, 1.165) is 16.4 Å². The molecule has 0 saturated heterocycles. The van der Waals surface area contributed by atoms with Gasteiger partial charge in [0.2, 0.25) is 10.0 Å². The van der Waals surface area contributed by atoms with Crippen molar-refractivity contribution >= 4 is 21.6 Å². The number of methoxy groups -OCH3 is 1. The van der Waals surface area contributed by atoms with Crippen LogP contribution in [0.1, 0.15) is 5.56 Å². The van der Waals surface area contributed by atoms with E-state index in [9.17, 15) is 21.6 Å². The summed E-state index contributed by atoms with van der Waals surface area (Å²) in [4.78, 5) is -0.855. The molecular formula is C17H17ClF3NO4S. The third-order valence-electron chi connectivity index (χ3n) is 3.67. The predicted octanol–water partition coefficient (Wildman–Crippen LogP) is 4.07. The van der Waals surface area contributed by atoms with Gasteiger partial charge < -0.3 is 9.47 Å². The molecule has 0 heterocycles. The molecule has 0 saturated carbocycles. The monoisotopic (exact) mass is 423 g/mol. The van der Waals surface area contributed by atoms with Crippen LogP contribution < -0.4 is 9.47 Å². The lowest BCUT2D eigenvalue weighted by atomic mass is 10.2. The van der Waals surface area contributed by atoms with Crippen LogP contribution in [0.3, 0.4) is 0 Å². The Bertz CT molecular complexity index is 886. The molecule has 0 amide bonds. The van der Waals surface area contributed by atoms with Gasteiger partial charge in [0.05, 0.1) is 17.6 Å². The molecule has 0 aliphatic heterocycles. The Morgan fingerprint density at radius 2 is 1.67 bits per heavy atom. The quantitative estimate of drug-likeness (QED) is 0.673. The average molecular weight is 424 g/mol. The average Bonchev–Trinajstić information content (AvgIpc) is 2.61. The minimum atomic E-state index is -4.85. The summed E-state index contributed by atoms with van der Waals surface area (Å²) >= 11 is 5.59. The first-order valence-electron chi connectivity index (χ1n) is 7.65. The van der Waals surface area contributed by atoms with Crippen molar-refractivity contribution in [3.8, 4) is 11.5 Å². The standard InChI is InChI=1S/C17H17ClF3NO4S/c1-22(9-10-26-14-6-4-13(25-2)5-7-14)27(23,24)16-8-3-12(18)11-15(16)17(19,20)21/h3-8,11H,9-10H2,1-2H3. The fraction of sp³-hybridized carbons (Fsp3) is 0.294. The topological polar surface area (TPSA) is 55.8 Å². The highest BCUT2D eigenvalue weighted by Gasteiger charge is 2.38. The molecule has 148 valence electrons. The zero-order valence-electron chi connectivity index (χ0n) is 14.5. The van der Waals surface area contributed by atoms with Gasteiger partial charge in [-0.1, -0.05) is 11.6 Å². The second kappa shape index (κ2) is 8.37. The molecule has 0 fully saturated rings. The first-order chi connectivity index (χ1) is 12.6. The van der Waals surface area contributed by atoms with E-state index in [-0.39, 0.29) is 18.2 Å². The number of ether oxygens (including phenoxy) is 2. The van der Waals surface area contributed by atoms with E-state index in [0.29, 0.717) is 17.6 Å². The van der Waals surface area contributed by atoms with Gasteiger partial charge in [0, 0.05) is 18.6 Å². The third kappa shape index (κ3) is 5.27. The summed E-state index contributed by atoms with van der Waals surface area (Å²) < 4.78 is 75.9. The van der Waals surface area contributed by atoms with Crippen LogP contribution >= 0.6 is 11.6 Å². The minimum Gasteiger partial charge on any atom is -0.497 e. The van der Waals surface area contributed by atoms with Crippen molar-refractivity contribution < 1.29 is 31.1 Å². The third-order valence-corrected chi connectivity index (χ3v) is 5.82. The molecule has 0 spiro atoms. The molecule has 10 heteroatoms. The van der Waals surface area contributed by atoms with Crippen molar-refractivity contribution in [3.05, 3.63) is 53.1 Å². The summed E-state index contributed by atoms with van der Waals surface area (Å²) in [6.45, 7) is -0.189. The Morgan fingerprint density at radius 3 is 2.22 bits per heavy atom. The van der Waals surface area contributed by atoms with Crippen LogP contribution in [0, 0.1) is 0 Å². The van der Waals surface area contributed by atoms with E-state index in [1.807, 2.05) is 0 Å². The Labute approximate surface area is 160 Å². The van der Waals surface area contributed by atoms with Crippen LogP contribution in [-0.4, -0.2) is 40.0 Å². The van der Waals surface area contributed by atoms with E-state index in [2.05, 4.69) is 0 Å². The van der Waals surface area contributed by atoms with E-state index in [1.54, 1.807) is 24.3 Å². The van der Waals surface area contributed by atoms with Gasteiger partial charge >= 0.3 is 6.18 Å². The van der Waals surface area contributed by atoms with E-state index >= 15 is 0 Å². The number of likely N-dealkylation sites (N-methyl/N-ethyl adjacent to an activating group) is 1. The highest BCUT2D eigenvalue weighted by Crippen LogP contribution is 2.36. The zero-order valence-corrected chi connectivity index (χ0v) is 16.0. The van der Waals surface area contributed by atoms with Gasteiger partial charge in [-0.25, -0.2) is 8.42 Å². The molecule has 2 aromatic rings. The summed E-state index contributed by atoms with van der Waals surface area (Å²) in [5.74, 6) is 1.11. The van der Waals surface area contributed by atoms with E-state index < -0.39 is 26.7 Å². The minimum absolute atomic E-state index is 0.0446. The lowest BCUT2D eigenvalue weighted by Gasteiger charge is -2.20. The molecule has 27 heavy (non-hydrogen) atoms. The van der Waals surface area contributed by atoms with Crippen LogP contribution in [-0.2, 0) is 16.2 Å². The van der Waals surface area contributed by atoms with Crippen molar-refractivity contribution in [2.45, 2.75) is 11.1 Å². The fourth-order valence-electron chi connectivity index (χ4n) is 2.20. The van der Waals surface area contributed by atoms with Gasteiger partial charge in [0.1, 0.15) is 18.1 Å². The van der Waals surface area contributed by atoms with Gasteiger partial charge in [-0.05, 0) is 42.5 Å². The number of alkyl halides is 3. The Kier molecular flexibility index (Phi) is 6.61. The molecule has 0 N–H and O–H groups in total. The summed E-state index contributed by atoms with van der Waals surface area (Å²) in [6.07, 6.45) is -4.85. The molecule has 0 bridgehead atoms. The van der Waals surface area contributed by atoms with Gasteiger partial charge in [0.15, 0.2) is 0 Å². The Balaban J connectivity index is 2.12. The largest absolute Gasteiger partial charge is 0.497 e. The Hall–Kier alpha value is -1.97. The normalized spacial score (nSPS) is 12.3. The first-order valence-corrected chi connectivity index (χ1v) is 9.47. The van der Waals surface area contributed by atoms with Crippen LogP contribution in [0.15, 0.2) is 47.4 Å². The summed E-state index contributed by atoms with van der Waals surface area (Å²) in [6, 6.07) is 9.14. The van der Waals surface area contributed by atoms with Crippen molar-refractivity contribution in [1.82, 2.24) is 4.31 Å². The second-order valence-electron chi connectivity index (χ2n) is 5.49. The molecule has 0 aliphatic carbocycles. The van der Waals surface area contributed by atoms with Crippen molar-refractivity contribution in [3.63, 3.8) is 0 Å². The fourth-order valence-corrected chi connectivity index (χ4v) is 3.72. The van der Waals surface area contributed by atoms with Gasteiger partial charge in [-0.2, -0.15) is 17.5 Å². The molecule has 0 aromatic heterocycles. The summed E-state index contributed by atoms with van der Waals surface area (Å²) in [5, 5.41) is -0.202. The predicted molar refractivity (Wildman–Crippen MR) is 94.8 cm³/mol. The zero-order chi connectivity index (χ0) is 20.2. The maximum Gasteiger partial charge on any atom is 0.417 e. The van der Waals surface area contributed by atoms with Crippen LogP contribution in [0.5, 0.6) is 11.5 Å². The number of rotatable bonds is 7. The number of hydrogen-bond acceptors (Lipinski definition) is 4. The molecular weight excluding hydrogens is 407 g/mol. The van der Waals surface area contributed by atoms with E-state index in [1.165, 1.54) is 14.2 Å². The number of nitrogens with zero attached hydrogens (tertiary/aromatic N) is 1. The van der Waals surface area contributed by atoms with Crippen molar-refractivity contribution in [2.75, 3.05) is 27.3 Å². The summed E-state index contributed by atoms with van der Waals surface area (Å²) in [7, 11) is -1.68. The second-order valence-corrected chi connectivity index (χ2v) is 7.94. The first kappa shape index (κ1) is 21.3. The highest BCUT2D eigenvalue weighted by atomic mass is 35.5. The highest BCUT2D eigenvalue weighted by molar-refractivity contribution is 7.89. The summed E-state index contributed by atoms with van der Waals surface area (Å²) in [5.41, 5.74) is -1.31. The maximum absolute atomic E-state index is 13.2. The van der Waals surface area contributed by atoms with Crippen LogP contribution in [0.25, 0.3) is 0 Å².